The van der Waals surface area contributed by atoms with Crippen LogP contribution in [0.1, 0.15) is 119 Å². The molecular formula is C27H63BrN2O6P2. The van der Waals surface area contributed by atoms with Crippen molar-refractivity contribution >= 4 is 32.4 Å². The molecule has 0 radical (unpaired) electrons. The van der Waals surface area contributed by atoms with Crippen molar-refractivity contribution in [2.24, 2.45) is 0 Å². The van der Waals surface area contributed by atoms with Crippen LogP contribution in [0.2, 0.25) is 0 Å². The molecule has 0 aromatic rings. The minimum absolute atomic E-state index is 1.32. The summed E-state index contributed by atoms with van der Waals surface area (Å²) in [6, 6.07) is 0. The van der Waals surface area contributed by atoms with Crippen molar-refractivity contribution in [1.29, 1.82) is 0 Å². The fraction of sp³-hybridized carbons (Fsp3) is 1.00. The molecule has 2 unspecified atom stereocenters. The van der Waals surface area contributed by atoms with E-state index in [1.807, 2.05) is 0 Å². The second kappa shape index (κ2) is 29.2. The predicted molar refractivity (Wildman–Crippen MR) is 164 cm³/mol. The van der Waals surface area contributed by atoms with Crippen LogP contribution in [-0.2, 0) is 18.2 Å². The summed E-state index contributed by atoms with van der Waals surface area (Å²) in [6.45, 7) is 22.1. The average Bonchev–Trinajstić information content (AvgIpc) is 2.86. The summed E-state index contributed by atoms with van der Waals surface area (Å²) < 4.78 is 29.9. The Morgan fingerprint density at radius 3 is 0.868 bits per heavy atom. The Bertz CT molecular complexity index is 472. The van der Waals surface area contributed by atoms with Crippen molar-refractivity contribution in [1.82, 2.24) is 0 Å². The third-order valence-corrected chi connectivity index (χ3v) is 8.56. The third-order valence-electron chi connectivity index (χ3n) is 6.69. The molecule has 0 N–H and O–H groups in total. The minimum atomic E-state index is -3.41. The molecule has 0 aliphatic heterocycles. The number of rotatable bonds is 22. The first-order valence-corrected chi connectivity index (χ1v) is 18.3. The smallest absolute Gasteiger partial charge is 0.225 e. The lowest BCUT2D eigenvalue weighted by molar-refractivity contribution is -0.910. The fourth-order valence-corrected chi connectivity index (χ4v) is 5.50. The molecule has 8 nitrogen and oxygen atoms in total. The van der Waals surface area contributed by atoms with Gasteiger partial charge in [0.25, 0.3) is 0 Å². The van der Waals surface area contributed by atoms with Crippen LogP contribution >= 0.6 is 32.4 Å². The Morgan fingerprint density at radius 1 is 0.553 bits per heavy atom. The maximum atomic E-state index is 9.74. The van der Waals surface area contributed by atoms with Gasteiger partial charge in [-0.15, -0.1) is 0 Å². The molecular weight excluding hydrogens is 590 g/mol. The Labute approximate surface area is 246 Å². The third kappa shape index (κ3) is 31.2. The Balaban J connectivity index is -0.000000492. The molecule has 38 heavy (non-hydrogen) atoms. The van der Waals surface area contributed by atoms with E-state index < -0.39 is 21.7 Å². The van der Waals surface area contributed by atoms with E-state index in [0.717, 1.165) is 0 Å². The van der Waals surface area contributed by atoms with Crippen LogP contribution in [0.5, 0.6) is 0 Å². The van der Waals surface area contributed by atoms with Crippen LogP contribution in [0.4, 0.5) is 0 Å². The van der Waals surface area contributed by atoms with Gasteiger partial charge in [0.2, 0.25) is 5.20 Å². The summed E-state index contributed by atoms with van der Waals surface area (Å²) in [5.41, 5.74) is 0. The summed E-state index contributed by atoms with van der Waals surface area (Å²) in [6.07, 6.45) is 16.4. The van der Waals surface area contributed by atoms with Gasteiger partial charge in [0, 0.05) is 0 Å². The van der Waals surface area contributed by atoms with Crippen molar-refractivity contribution in [2.45, 2.75) is 124 Å². The van der Waals surface area contributed by atoms with Crippen LogP contribution in [0.3, 0.4) is 0 Å². The molecule has 0 aromatic carbocycles. The van der Waals surface area contributed by atoms with E-state index in [-0.39, 0.29) is 0 Å². The molecule has 0 aliphatic carbocycles. The van der Waals surface area contributed by atoms with E-state index in [9.17, 15) is 18.9 Å². The molecule has 0 aliphatic rings. The van der Waals surface area contributed by atoms with Gasteiger partial charge in [-0.05, 0) is 54.5 Å². The number of alkyl halides is 1. The first kappa shape index (κ1) is 43.2. The van der Waals surface area contributed by atoms with Crippen LogP contribution in [0, 0.1) is 0 Å². The molecule has 0 aromatic heterocycles. The number of quaternary nitrogens is 2. The van der Waals surface area contributed by atoms with Gasteiger partial charge in [0.15, 0.2) is 0 Å². The fourth-order valence-electron chi connectivity index (χ4n) is 4.09. The average molecular weight is 654 g/mol. The highest BCUT2D eigenvalue weighted by Gasteiger charge is 2.19. The van der Waals surface area contributed by atoms with Crippen LogP contribution in [0.25, 0.3) is 0 Å². The number of hydrogen-bond donors (Lipinski definition) is 0. The number of hydrogen-bond acceptors (Lipinski definition) is 6. The Hall–Kier alpha value is 0.700. The van der Waals surface area contributed by atoms with E-state index in [2.05, 4.69) is 80.6 Å². The zero-order valence-corrected chi connectivity index (χ0v) is 29.6. The van der Waals surface area contributed by atoms with E-state index in [1.165, 1.54) is 125 Å². The van der Waals surface area contributed by atoms with Gasteiger partial charge < -0.3 is 36.9 Å². The number of unbranched alkanes of at least 4 members (excludes halogenated alkanes) is 6. The van der Waals surface area contributed by atoms with Gasteiger partial charge in [0.1, 0.15) is 16.5 Å². The van der Waals surface area contributed by atoms with Gasteiger partial charge in [-0.3, -0.25) is 0 Å². The minimum Gasteiger partial charge on any atom is -0.781 e. The first-order valence-electron chi connectivity index (χ1n) is 14.9. The lowest BCUT2D eigenvalue weighted by Gasteiger charge is -2.34. The molecule has 0 heterocycles. The van der Waals surface area contributed by atoms with Crippen molar-refractivity contribution < 1.29 is 36.9 Å². The second-order valence-corrected chi connectivity index (χ2v) is 12.9. The zero-order valence-electron chi connectivity index (χ0n) is 26.0. The molecule has 234 valence electrons. The molecule has 0 saturated heterocycles. The zero-order chi connectivity index (χ0) is 29.9. The van der Waals surface area contributed by atoms with Gasteiger partial charge in [0.05, 0.1) is 53.4 Å². The van der Waals surface area contributed by atoms with Crippen molar-refractivity contribution in [3.63, 3.8) is 0 Å². The molecule has 0 amide bonds. The van der Waals surface area contributed by atoms with E-state index in [4.69, 9.17) is 0 Å². The normalized spacial score (nSPS) is 14.1. The second-order valence-electron chi connectivity index (χ2n) is 10.7. The standard InChI is InChI=1S/2C13H30N.CH5BrO6P2/c2*1-5-8-11-14(4,12-9-6-2)13-10-7-3;2-1(7-9(3)4)8-10(5)6/h2*5-13H2,1-4H3;1,9-10H,(H,3,4)(H,5,6)/q2*+1;/p-2. The van der Waals surface area contributed by atoms with Crippen molar-refractivity contribution in [3.8, 4) is 0 Å². The van der Waals surface area contributed by atoms with Gasteiger partial charge in [-0.2, -0.15) is 0 Å². The predicted octanol–water partition coefficient (Wildman–Crippen LogP) is 6.86. The van der Waals surface area contributed by atoms with Gasteiger partial charge >= 0.3 is 0 Å². The summed E-state index contributed by atoms with van der Waals surface area (Å²) in [5, 5.41) is -1.43. The number of halogens is 1. The summed E-state index contributed by atoms with van der Waals surface area (Å²) in [7, 11) is -1.93. The SMILES string of the molecule is CCCC[N+](C)(CCCC)CCCC.CCCC[N+](C)(CCCC)CCCC.O=[PH]([O-])OC(Br)O[PH](=O)[O-]. The van der Waals surface area contributed by atoms with E-state index in [0.29, 0.717) is 0 Å². The van der Waals surface area contributed by atoms with Crippen molar-refractivity contribution in [2.75, 3.05) is 53.4 Å². The summed E-state index contributed by atoms with van der Waals surface area (Å²) in [5.74, 6) is 0. The molecule has 0 fully saturated rings. The Morgan fingerprint density at radius 2 is 0.737 bits per heavy atom. The lowest BCUT2D eigenvalue weighted by Crippen LogP contribution is -2.46. The van der Waals surface area contributed by atoms with Crippen LogP contribution in [-0.4, -0.2) is 67.5 Å². The number of nitrogens with zero attached hydrogens (tertiary/aromatic N) is 2. The molecule has 0 rings (SSSR count). The molecule has 0 saturated carbocycles. The largest absolute Gasteiger partial charge is 0.781 e. The summed E-state index contributed by atoms with van der Waals surface area (Å²) >= 11 is 2.49. The first-order chi connectivity index (χ1) is 17.9. The highest BCUT2D eigenvalue weighted by Crippen LogP contribution is 2.24. The highest BCUT2D eigenvalue weighted by atomic mass is 79.9. The summed E-state index contributed by atoms with van der Waals surface area (Å²) in [4.78, 5) is 19.5. The molecule has 0 bridgehead atoms. The van der Waals surface area contributed by atoms with Crippen molar-refractivity contribution in [3.05, 3.63) is 0 Å². The maximum Gasteiger partial charge on any atom is 0.225 e. The van der Waals surface area contributed by atoms with Crippen LogP contribution < -0.4 is 9.79 Å². The molecule has 11 heteroatoms. The van der Waals surface area contributed by atoms with Gasteiger partial charge in [-0.25, -0.2) is 0 Å². The van der Waals surface area contributed by atoms with Crippen LogP contribution in [0.15, 0.2) is 0 Å². The quantitative estimate of drug-likeness (QED) is 0.0548. The van der Waals surface area contributed by atoms with E-state index in [1.54, 1.807) is 0 Å². The topological polar surface area (TPSA) is 98.7 Å². The highest BCUT2D eigenvalue weighted by molar-refractivity contribution is 9.09. The Kier molecular flexibility index (Phi) is 33.2. The molecule has 0 spiro atoms. The monoisotopic (exact) mass is 652 g/mol. The van der Waals surface area contributed by atoms with E-state index >= 15 is 0 Å². The van der Waals surface area contributed by atoms with Gasteiger partial charge in [-0.1, -0.05) is 80.1 Å². The lowest BCUT2D eigenvalue weighted by atomic mass is 10.2. The maximum absolute atomic E-state index is 9.74. The molecule has 2 atom stereocenters.